The summed E-state index contributed by atoms with van der Waals surface area (Å²) < 4.78 is 5.36. The average Bonchev–Trinajstić information content (AvgIpc) is 2.75. The maximum absolute atomic E-state index is 13.0. The van der Waals surface area contributed by atoms with Crippen LogP contribution in [0.4, 0.5) is 5.95 Å². The Kier molecular flexibility index (Phi) is 5.36. The second-order valence-corrected chi connectivity index (χ2v) is 6.97. The molecule has 0 spiro atoms. The van der Waals surface area contributed by atoms with E-state index < -0.39 is 0 Å². The number of carbonyl (C=O) groups is 1. The summed E-state index contributed by atoms with van der Waals surface area (Å²) in [6.07, 6.45) is 4.44. The molecule has 1 aromatic carbocycles. The lowest BCUT2D eigenvalue weighted by Crippen LogP contribution is -2.38. The fraction of sp³-hybridized carbons (Fsp3) is 0.350. The van der Waals surface area contributed by atoms with Gasteiger partial charge in [-0.1, -0.05) is 48.0 Å². The van der Waals surface area contributed by atoms with Gasteiger partial charge in [0.2, 0.25) is 5.95 Å². The molecule has 1 amide bonds. The lowest BCUT2D eigenvalue weighted by molar-refractivity contribution is 0.0767. The molecule has 2 aliphatic rings. The largest absolute Gasteiger partial charge is 0.378 e. The molecular weight excluding hydrogens is 364 g/mol. The predicted octanol–water partition coefficient (Wildman–Crippen LogP) is 2.90. The van der Waals surface area contributed by atoms with Crippen molar-refractivity contribution in [3.63, 3.8) is 0 Å². The number of nitrogens with zero attached hydrogens (tertiary/aromatic N) is 4. The van der Waals surface area contributed by atoms with Crippen LogP contribution in [0.15, 0.2) is 42.6 Å². The number of aromatic nitrogens is 2. The summed E-state index contributed by atoms with van der Waals surface area (Å²) in [6.45, 7) is 3.89. The fourth-order valence-electron chi connectivity index (χ4n) is 3.34. The van der Waals surface area contributed by atoms with Crippen molar-refractivity contribution in [3.05, 3.63) is 58.9 Å². The Bertz CT molecular complexity index is 850. The van der Waals surface area contributed by atoms with Crippen LogP contribution in [0.1, 0.15) is 22.5 Å². The normalized spacial score (nSPS) is 17.6. The molecule has 1 aromatic heterocycles. The number of ether oxygens (including phenoxy) is 1. The van der Waals surface area contributed by atoms with E-state index in [0.29, 0.717) is 45.3 Å². The van der Waals surface area contributed by atoms with E-state index in [0.717, 1.165) is 6.42 Å². The molecular formula is C20H21ClN4O2. The van der Waals surface area contributed by atoms with Crippen molar-refractivity contribution in [3.8, 4) is 0 Å². The Balaban J connectivity index is 1.50. The van der Waals surface area contributed by atoms with Crippen LogP contribution in [0.25, 0.3) is 5.57 Å². The predicted molar refractivity (Wildman–Crippen MR) is 105 cm³/mol. The third kappa shape index (κ3) is 3.96. The summed E-state index contributed by atoms with van der Waals surface area (Å²) in [5, 5.41) is 0.287. The van der Waals surface area contributed by atoms with Gasteiger partial charge in [-0.15, -0.1) is 0 Å². The number of rotatable bonds is 3. The highest BCUT2D eigenvalue weighted by Gasteiger charge is 2.24. The number of hydrogen-bond donors (Lipinski definition) is 0. The van der Waals surface area contributed by atoms with Gasteiger partial charge in [0.1, 0.15) is 0 Å². The third-order valence-corrected chi connectivity index (χ3v) is 5.15. The van der Waals surface area contributed by atoms with E-state index in [4.69, 9.17) is 16.3 Å². The molecule has 7 heteroatoms. The fourth-order valence-corrected chi connectivity index (χ4v) is 3.51. The smallest absolute Gasteiger partial charge is 0.274 e. The number of anilines is 1. The first-order valence-corrected chi connectivity index (χ1v) is 9.49. The van der Waals surface area contributed by atoms with Gasteiger partial charge >= 0.3 is 0 Å². The molecule has 2 aliphatic heterocycles. The molecule has 0 saturated carbocycles. The van der Waals surface area contributed by atoms with Gasteiger partial charge in [-0.05, 0) is 17.6 Å². The molecule has 0 atom stereocenters. The van der Waals surface area contributed by atoms with Crippen molar-refractivity contribution < 1.29 is 9.53 Å². The molecule has 6 nitrogen and oxygen atoms in total. The number of hydrogen-bond acceptors (Lipinski definition) is 5. The standard InChI is InChI=1S/C20H21ClN4O2/c21-17-14-22-20(25-10-12-27-13-11-25)23-18(17)19(26)24-8-6-16(7-9-24)15-4-2-1-3-5-15/h1-6,14H,7-13H2. The van der Waals surface area contributed by atoms with E-state index in [9.17, 15) is 4.79 Å². The highest BCUT2D eigenvalue weighted by Crippen LogP contribution is 2.24. The molecule has 0 radical (unpaired) electrons. The van der Waals surface area contributed by atoms with E-state index in [2.05, 4.69) is 28.2 Å². The van der Waals surface area contributed by atoms with Gasteiger partial charge in [-0.2, -0.15) is 0 Å². The molecule has 140 valence electrons. The molecule has 3 heterocycles. The van der Waals surface area contributed by atoms with E-state index >= 15 is 0 Å². The number of benzene rings is 1. The zero-order valence-electron chi connectivity index (χ0n) is 15.0. The summed E-state index contributed by atoms with van der Waals surface area (Å²) >= 11 is 6.24. The zero-order valence-corrected chi connectivity index (χ0v) is 15.7. The Labute approximate surface area is 163 Å². The van der Waals surface area contributed by atoms with Gasteiger partial charge in [-0.25, -0.2) is 9.97 Å². The third-order valence-electron chi connectivity index (χ3n) is 4.87. The number of carbonyl (C=O) groups excluding carboxylic acids is 1. The van der Waals surface area contributed by atoms with Crippen LogP contribution in [0.5, 0.6) is 0 Å². The maximum atomic E-state index is 13.0. The van der Waals surface area contributed by atoms with Crippen molar-refractivity contribution in [2.75, 3.05) is 44.3 Å². The quantitative estimate of drug-likeness (QED) is 0.814. The molecule has 0 unspecified atom stereocenters. The minimum Gasteiger partial charge on any atom is -0.378 e. The van der Waals surface area contributed by atoms with Crippen molar-refractivity contribution in [1.82, 2.24) is 14.9 Å². The highest BCUT2D eigenvalue weighted by molar-refractivity contribution is 6.33. The minimum absolute atomic E-state index is 0.153. The second-order valence-electron chi connectivity index (χ2n) is 6.56. The van der Waals surface area contributed by atoms with Crippen molar-refractivity contribution in [1.29, 1.82) is 0 Å². The van der Waals surface area contributed by atoms with E-state index in [1.54, 1.807) is 4.90 Å². The average molecular weight is 385 g/mol. The topological polar surface area (TPSA) is 58.6 Å². The molecule has 1 fully saturated rings. The van der Waals surface area contributed by atoms with Crippen LogP contribution >= 0.6 is 11.6 Å². The van der Waals surface area contributed by atoms with Crippen LogP contribution in [0.3, 0.4) is 0 Å². The maximum Gasteiger partial charge on any atom is 0.274 e. The monoisotopic (exact) mass is 384 g/mol. The molecule has 0 aliphatic carbocycles. The van der Waals surface area contributed by atoms with E-state index in [-0.39, 0.29) is 16.6 Å². The Morgan fingerprint density at radius 3 is 2.59 bits per heavy atom. The van der Waals surface area contributed by atoms with E-state index in [1.807, 2.05) is 23.1 Å². The van der Waals surface area contributed by atoms with Crippen molar-refractivity contribution >= 4 is 29.0 Å². The Morgan fingerprint density at radius 2 is 1.89 bits per heavy atom. The summed E-state index contributed by atoms with van der Waals surface area (Å²) in [5.41, 5.74) is 2.74. The van der Waals surface area contributed by atoms with Crippen molar-refractivity contribution in [2.24, 2.45) is 0 Å². The summed E-state index contributed by atoms with van der Waals surface area (Å²) in [6, 6.07) is 10.3. The molecule has 0 N–H and O–H groups in total. The summed E-state index contributed by atoms with van der Waals surface area (Å²) in [4.78, 5) is 25.5. The van der Waals surface area contributed by atoms with Gasteiger partial charge in [-0.3, -0.25) is 4.79 Å². The lowest BCUT2D eigenvalue weighted by atomic mass is 9.99. The van der Waals surface area contributed by atoms with Crippen molar-refractivity contribution in [2.45, 2.75) is 6.42 Å². The van der Waals surface area contributed by atoms with Gasteiger partial charge < -0.3 is 14.5 Å². The van der Waals surface area contributed by atoms with Gasteiger partial charge in [0.05, 0.1) is 24.4 Å². The number of halogens is 1. The van der Waals surface area contributed by atoms with E-state index in [1.165, 1.54) is 17.3 Å². The SMILES string of the molecule is O=C(c1nc(N2CCOCC2)ncc1Cl)N1CC=C(c2ccccc2)CC1. The molecule has 27 heavy (non-hydrogen) atoms. The molecule has 2 aromatic rings. The minimum atomic E-state index is -0.153. The Morgan fingerprint density at radius 1 is 1.11 bits per heavy atom. The summed E-state index contributed by atoms with van der Waals surface area (Å²) in [5.74, 6) is 0.379. The van der Waals surface area contributed by atoms with Gasteiger partial charge in [0.25, 0.3) is 5.91 Å². The number of morpholine rings is 1. The molecule has 1 saturated heterocycles. The Hall–Kier alpha value is -2.44. The summed E-state index contributed by atoms with van der Waals surface area (Å²) in [7, 11) is 0. The van der Waals surface area contributed by atoms with Crippen LogP contribution in [-0.2, 0) is 4.74 Å². The number of amides is 1. The van der Waals surface area contributed by atoms with Crippen LogP contribution in [0.2, 0.25) is 5.02 Å². The van der Waals surface area contributed by atoms with Gasteiger partial charge in [0, 0.05) is 26.2 Å². The first-order chi connectivity index (χ1) is 13.2. The van der Waals surface area contributed by atoms with Crippen LogP contribution in [0, 0.1) is 0 Å². The first kappa shape index (κ1) is 17.9. The van der Waals surface area contributed by atoms with Crippen LogP contribution in [-0.4, -0.2) is 60.2 Å². The lowest BCUT2D eigenvalue weighted by Gasteiger charge is -2.28. The zero-order chi connectivity index (χ0) is 18.6. The highest BCUT2D eigenvalue weighted by atomic mass is 35.5. The first-order valence-electron chi connectivity index (χ1n) is 9.11. The molecule has 0 bridgehead atoms. The molecule has 4 rings (SSSR count). The van der Waals surface area contributed by atoms with Crippen LogP contribution < -0.4 is 4.90 Å². The second kappa shape index (κ2) is 8.06. The van der Waals surface area contributed by atoms with Gasteiger partial charge in [0.15, 0.2) is 5.69 Å².